The number of thioether (sulfide) groups is 1. The quantitative estimate of drug-likeness (QED) is 0.485. The zero-order chi connectivity index (χ0) is 9.84. The zero-order valence-electron chi connectivity index (χ0n) is 7.57. The van der Waals surface area contributed by atoms with Gasteiger partial charge >= 0.3 is 5.97 Å². The van der Waals surface area contributed by atoms with Crippen molar-refractivity contribution in [2.45, 2.75) is 6.92 Å². The van der Waals surface area contributed by atoms with Crippen molar-refractivity contribution in [3.8, 4) is 0 Å². The molecular formula is C8H11NO3S. The average Bonchev–Trinajstić information content (AvgIpc) is 2.37. The molecule has 0 aliphatic carbocycles. The second kappa shape index (κ2) is 4.32. The van der Waals surface area contributed by atoms with E-state index in [4.69, 9.17) is 4.74 Å². The van der Waals surface area contributed by atoms with Crippen molar-refractivity contribution in [2.24, 2.45) is 0 Å². The Morgan fingerprint density at radius 3 is 2.92 bits per heavy atom. The number of hydrogen-bond acceptors (Lipinski definition) is 4. The van der Waals surface area contributed by atoms with E-state index in [0.29, 0.717) is 17.4 Å². The van der Waals surface area contributed by atoms with Gasteiger partial charge in [-0.15, -0.1) is 0 Å². The van der Waals surface area contributed by atoms with Gasteiger partial charge in [0, 0.05) is 7.05 Å². The molecule has 0 aromatic carbocycles. The Kier molecular flexibility index (Phi) is 3.36. The van der Waals surface area contributed by atoms with Crippen molar-refractivity contribution in [2.75, 3.05) is 19.4 Å². The highest BCUT2D eigenvalue weighted by Gasteiger charge is 2.23. The molecule has 0 atom stereocenters. The number of ether oxygens (including phenoxy) is 1. The molecule has 0 aromatic heterocycles. The minimum atomic E-state index is -0.397. The van der Waals surface area contributed by atoms with Gasteiger partial charge in [0.2, 0.25) is 5.91 Å². The lowest BCUT2D eigenvalue weighted by atomic mass is 10.5. The molecule has 1 aliphatic rings. The number of amides is 1. The molecule has 5 heteroatoms. The van der Waals surface area contributed by atoms with Crippen LogP contribution in [0.3, 0.4) is 0 Å². The molecule has 1 heterocycles. The van der Waals surface area contributed by atoms with Crippen molar-refractivity contribution in [3.63, 3.8) is 0 Å². The number of esters is 1. The molecule has 0 spiro atoms. The number of nitrogens with zero attached hydrogens (tertiary/aromatic N) is 1. The van der Waals surface area contributed by atoms with Crippen LogP contribution in [-0.4, -0.2) is 36.2 Å². The fraction of sp³-hybridized carbons (Fsp3) is 0.500. The molecule has 13 heavy (non-hydrogen) atoms. The van der Waals surface area contributed by atoms with Crippen LogP contribution < -0.4 is 0 Å². The third-order valence-corrected chi connectivity index (χ3v) is 2.65. The summed E-state index contributed by atoms with van der Waals surface area (Å²) in [5, 5.41) is 0.656. The third-order valence-electron chi connectivity index (χ3n) is 1.58. The van der Waals surface area contributed by atoms with Gasteiger partial charge in [-0.2, -0.15) is 0 Å². The highest BCUT2D eigenvalue weighted by atomic mass is 32.2. The van der Waals surface area contributed by atoms with Crippen molar-refractivity contribution >= 4 is 23.6 Å². The van der Waals surface area contributed by atoms with E-state index in [-0.39, 0.29) is 5.91 Å². The second-order valence-electron chi connectivity index (χ2n) is 2.48. The molecule has 0 unspecified atom stereocenters. The van der Waals surface area contributed by atoms with E-state index in [1.165, 1.54) is 22.7 Å². The smallest absolute Gasteiger partial charge is 0.333 e. The van der Waals surface area contributed by atoms with Crippen molar-refractivity contribution in [3.05, 3.63) is 11.1 Å². The van der Waals surface area contributed by atoms with Gasteiger partial charge in [-0.05, 0) is 6.92 Å². The van der Waals surface area contributed by atoms with E-state index in [1.54, 1.807) is 14.0 Å². The van der Waals surface area contributed by atoms with Crippen molar-refractivity contribution in [1.82, 2.24) is 4.90 Å². The summed E-state index contributed by atoms with van der Waals surface area (Å²) in [5.74, 6) is 0.0222. The summed E-state index contributed by atoms with van der Waals surface area (Å²) in [5.41, 5.74) is 0. The Morgan fingerprint density at radius 2 is 2.46 bits per heavy atom. The Bertz CT molecular complexity index is 262. The Hall–Kier alpha value is -0.970. The van der Waals surface area contributed by atoms with E-state index < -0.39 is 5.97 Å². The lowest BCUT2D eigenvalue weighted by molar-refractivity contribution is -0.137. The number of hydrogen-bond donors (Lipinski definition) is 0. The summed E-state index contributed by atoms with van der Waals surface area (Å²) in [6.45, 7) is 2.10. The maximum Gasteiger partial charge on any atom is 0.333 e. The normalized spacial score (nSPS) is 19.7. The summed E-state index contributed by atoms with van der Waals surface area (Å²) in [4.78, 5) is 23.5. The molecule has 4 nitrogen and oxygen atoms in total. The fourth-order valence-corrected chi connectivity index (χ4v) is 1.82. The van der Waals surface area contributed by atoms with Crippen molar-refractivity contribution < 1.29 is 14.3 Å². The van der Waals surface area contributed by atoms with Crippen LogP contribution in [0.5, 0.6) is 0 Å². The van der Waals surface area contributed by atoms with Gasteiger partial charge in [0.1, 0.15) is 0 Å². The van der Waals surface area contributed by atoms with Gasteiger partial charge in [0.15, 0.2) is 0 Å². The Morgan fingerprint density at radius 1 is 1.77 bits per heavy atom. The first kappa shape index (κ1) is 10.1. The Balaban J connectivity index is 2.61. The molecule has 1 fully saturated rings. The molecule has 1 aliphatic heterocycles. The standard InChI is InChI=1S/C8H11NO3S/c1-3-12-8(11)4-7-9(2)6(10)5-13-7/h4H,3,5H2,1-2H3/b7-4+. The molecule has 1 amide bonds. The van der Waals surface area contributed by atoms with E-state index >= 15 is 0 Å². The molecule has 72 valence electrons. The molecule has 0 saturated carbocycles. The van der Waals surface area contributed by atoms with Crippen LogP contribution in [0.1, 0.15) is 6.92 Å². The van der Waals surface area contributed by atoms with Crippen LogP contribution >= 0.6 is 11.8 Å². The lowest BCUT2D eigenvalue weighted by Crippen LogP contribution is -2.19. The second-order valence-corrected chi connectivity index (χ2v) is 3.47. The minimum absolute atomic E-state index is 0.0144. The van der Waals surface area contributed by atoms with E-state index in [0.717, 1.165) is 0 Å². The topological polar surface area (TPSA) is 46.6 Å². The highest BCUT2D eigenvalue weighted by molar-refractivity contribution is 8.04. The van der Waals surface area contributed by atoms with Gasteiger partial charge in [0.05, 0.1) is 23.5 Å². The number of carbonyl (C=O) groups is 2. The molecule has 0 N–H and O–H groups in total. The number of rotatable bonds is 2. The first-order chi connectivity index (χ1) is 6.15. The van der Waals surface area contributed by atoms with Crippen LogP contribution in [0.15, 0.2) is 11.1 Å². The van der Waals surface area contributed by atoms with Gasteiger partial charge < -0.3 is 9.64 Å². The summed E-state index contributed by atoms with van der Waals surface area (Å²) >= 11 is 1.35. The minimum Gasteiger partial charge on any atom is -0.463 e. The average molecular weight is 201 g/mol. The zero-order valence-corrected chi connectivity index (χ0v) is 8.39. The van der Waals surface area contributed by atoms with Crippen LogP contribution in [0, 0.1) is 0 Å². The maximum atomic E-state index is 11.0. The van der Waals surface area contributed by atoms with Gasteiger partial charge in [0.25, 0.3) is 0 Å². The highest BCUT2D eigenvalue weighted by Crippen LogP contribution is 2.26. The van der Waals surface area contributed by atoms with Gasteiger partial charge in [-0.3, -0.25) is 4.79 Å². The Labute approximate surface area is 80.9 Å². The van der Waals surface area contributed by atoms with Crippen LogP contribution in [0.2, 0.25) is 0 Å². The summed E-state index contributed by atoms with van der Waals surface area (Å²) in [6, 6.07) is 0. The van der Waals surface area contributed by atoms with Crippen molar-refractivity contribution in [1.29, 1.82) is 0 Å². The molecule has 1 rings (SSSR count). The summed E-state index contributed by atoms with van der Waals surface area (Å²) in [7, 11) is 1.65. The largest absolute Gasteiger partial charge is 0.463 e. The third kappa shape index (κ3) is 2.48. The molecular weight excluding hydrogens is 190 g/mol. The summed E-state index contributed by atoms with van der Waals surface area (Å²) in [6.07, 6.45) is 1.35. The fourth-order valence-electron chi connectivity index (χ4n) is 0.875. The number of carbonyl (C=O) groups excluding carboxylic acids is 2. The van der Waals surface area contributed by atoms with E-state index in [1.807, 2.05) is 0 Å². The summed E-state index contributed by atoms with van der Waals surface area (Å²) < 4.78 is 4.72. The van der Waals surface area contributed by atoms with E-state index in [2.05, 4.69) is 0 Å². The molecule has 0 aromatic rings. The molecule has 0 radical (unpaired) electrons. The van der Waals surface area contributed by atoms with Crippen LogP contribution in [-0.2, 0) is 14.3 Å². The molecule has 1 saturated heterocycles. The SMILES string of the molecule is CCOC(=O)/C=C1/SCC(=O)N1C. The predicted molar refractivity (Wildman–Crippen MR) is 49.9 cm³/mol. The van der Waals surface area contributed by atoms with Gasteiger partial charge in [-0.1, -0.05) is 11.8 Å². The lowest BCUT2D eigenvalue weighted by Gasteiger charge is -2.08. The molecule has 0 bridgehead atoms. The van der Waals surface area contributed by atoms with Gasteiger partial charge in [-0.25, -0.2) is 4.79 Å². The van der Waals surface area contributed by atoms with Crippen LogP contribution in [0.4, 0.5) is 0 Å². The first-order valence-electron chi connectivity index (χ1n) is 3.93. The predicted octanol–water partition coefficient (Wildman–Crippen LogP) is 0.596. The van der Waals surface area contributed by atoms with Crippen LogP contribution in [0.25, 0.3) is 0 Å². The monoisotopic (exact) mass is 201 g/mol. The van der Waals surface area contributed by atoms with E-state index in [9.17, 15) is 9.59 Å². The first-order valence-corrected chi connectivity index (χ1v) is 4.91. The maximum absolute atomic E-state index is 11.0.